The van der Waals surface area contributed by atoms with Gasteiger partial charge in [-0.25, -0.2) is 0 Å². The van der Waals surface area contributed by atoms with Crippen LogP contribution in [0.5, 0.6) is 0 Å². The Hall–Kier alpha value is -0.180. The van der Waals surface area contributed by atoms with Crippen molar-refractivity contribution in [1.29, 1.82) is 0 Å². The molecule has 0 spiro atoms. The normalized spacial score (nSPS) is 14.1. The molecule has 0 aromatic carbocycles. The highest BCUT2D eigenvalue weighted by Crippen LogP contribution is 2.29. The van der Waals surface area contributed by atoms with Gasteiger partial charge in [-0.05, 0) is 18.6 Å². The fourth-order valence-electron chi connectivity index (χ4n) is 1.02. The van der Waals surface area contributed by atoms with Crippen LogP contribution in [0.1, 0.15) is 27.7 Å². The smallest absolute Gasteiger partial charge is 0.319 e. The first kappa shape index (κ1) is 11.8. The largest absolute Gasteiger partial charge is 0.465 e. The van der Waals surface area contributed by atoms with Gasteiger partial charge in [-0.3, -0.25) is 4.79 Å². The van der Waals surface area contributed by atoms with E-state index in [1.165, 1.54) is 0 Å². The summed E-state index contributed by atoms with van der Waals surface area (Å²) in [5.74, 6) is -0.0995. The molecule has 0 rings (SSSR count). The summed E-state index contributed by atoms with van der Waals surface area (Å²) >= 11 is 1.55. The molecule has 0 N–H and O–H groups in total. The fraction of sp³-hybridized carbons (Fsp3) is 0.889. The molecule has 1 atom stereocenters. The van der Waals surface area contributed by atoms with Gasteiger partial charge in [0.15, 0.2) is 0 Å². The van der Waals surface area contributed by atoms with E-state index in [4.69, 9.17) is 4.74 Å². The summed E-state index contributed by atoms with van der Waals surface area (Å²) < 4.78 is 4.96. The Morgan fingerprint density at radius 2 is 2.00 bits per heavy atom. The quantitative estimate of drug-likeness (QED) is 0.639. The molecule has 0 aliphatic rings. The molecule has 0 aromatic heterocycles. The Morgan fingerprint density at radius 3 is 2.25 bits per heavy atom. The van der Waals surface area contributed by atoms with Crippen molar-refractivity contribution in [3.05, 3.63) is 0 Å². The molecule has 0 aliphatic carbocycles. The first-order chi connectivity index (χ1) is 5.43. The predicted molar refractivity (Wildman–Crippen MR) is 53.4 cm³/mol. The third-order valence-corrected chi connectivity index (χ3v) is 2.89. The summed E-state index contributed by atoms with van der Waals surface area (Å²) in [4.78, 5) is 11.4. The maximum absolute atomic E-state index is 11.4. The molecule has 3 heteroatoms. The lowest BCUT2D eigenvalue weighted by Crippen LogP contribution is -2.32. The van der Waals surface area contributed by atoms with Crippen molar-refractivity contribution >= 4 is 17.7 Å². The van der Waals surface area contributed by atoms with Gasteiger partial charge in [-0.2, -0.15) is 0 Å². The van der Waals surface area contributed by atoms with Crippen molar-refractivity contribution in [2.24, 2.45) is 5.41 Å². The lowest BCUT2D eigenvalue weighted by Gasteiger charge is -2.26. The van der Waals surface area contributed by atoms with Crippen molar-refractivity contribution in [2.45, 2.75) is 32.9 Å². The summed E-state index contributed by atoms with van der Waals surface area (Å²) in [6.07, 6.45) is 1.94. The highest BCUT2D eigenvalue weighted by atomic mass is 32.2. The van der Waals surface area contributed by atoms with Crippen LogP contribution >= 0.6 is 11.8 Å². The first-order valence-electron chi connectivity index (χ1n) is 4.13. The van der Waals surface area contributed by atoms with Crippen LogP contribution < -0.4 is 0 Å². The molecule has 12 heavy (non-hydrogen) atoms. The zero-order valence-corrected chi connectivity index (χ0v) is 9.33. The molecule has 0 fully saturated rings. The molecule has 0 saturated carbocycles. The molecule has 0 amide bonds. The van der Waals surface area contributed by atoms with Gasteiger partial charge in [0.1, 0.15) is 5.25 Å². The first-order valence-corrected chi connectivity index (χ1v) is 5.41. The van der Waals surface area contributed by atoms with Crippen LogP contribution in [0.2, 0.25) is 0 Å². The van der Waals surface area contributed by atoms with Crippen LogP contribution in [-0.4, -0.2) is 24.1 Å². The van der Waals surface area contributed by atoms with Gasteiger partial charge in [0.2, 0.25) is 0 Å². The fourth-order valence-corrected chi connectivity index (χ4v) is 1.99. The number of esters is 1. The van der Waals surface area contributed by atoms with E-state index in [1.54, 1.807) is 11.8 Å². The van der Waals surface area contributed by atoms with Gasteiger partial charge in [-0.15, -0.1) is 11.8 Å². The second kappa shape index (κ2) is 4.75. The maximum atomic E-state index is 11.4. The Labute approximate surface area is 79.1 Å². The van der Waals surface area contributed by atoms with Crippen molar-refractivity contribution in [1.82, 2.24) is 0 Å². The van der Waals surface area contributed by atoms with Crippen LogP contribution in [0.3, 0.4) is 0 Å². The number of hydrogen-bond acceptors (Lipinski definition) is 3. The SMILES string of the molecule is CCOC(=O)C(SC)C(C)(C)C. The van der Waals surface area contributed by atoms with E-state index >= 15 is 0 Å². The van der Waals surface area contributed by atoms with Gasteiger partial charge in [0.25, 0.3) is 0 Å². The second-order valence-corrected chi connectivity index (χ2v) is 4.68. The summed E-state index contributed by atoms with van der Waals surface area (Å²) in [5.41, 5.74) is -0.0222. The molecule has 0 aromatic rings. The number of rotatable bonds is 3. The summed E-state index contributed by atoms with van der Waals surface area (Å²) in [6, 6.07) is 0. The molecule has 0 aliphatic heterocycles. The highest BCUT2D eigenvalue weighted by Gasteiger charge is 2.31. The number of thioether (sulfide) groups is 1. The molecular formula is C9H18O2S. The van der Waals surface area contributed by atoms with E-state index in [0.717, 1.165) is 0 Å². The molecule has 2 nitrogen and oxygen atoms in total. The predicted octanol–water partition coefficient (Wildman–Crippen LogP) is 2.33. The number of hydrogen-bond donors (Lipinski definition) is 0. The Morgan fingerprint density at radius 1 is 1.50 bits per heavy atom. The third kappa shape index (κ3) is 3.48. The molecule has 0 saturated heterocycles. The van der Waals surface area contributed by atoms with Crippen molar-refractivity contribution < 1.29 is 9.53 Å². The van der Waals surface area contributed by atoms with E-state index < -0.39 is 0 Å². The standard InChI is InChI=1S/C9H18O2S/c1-6-11-8(10)7(12-5)9(2,3)4/h7H,6H2,1-5H3. The molecule has 0 bridgehead atoms. The maximum Gasteiger partial charge on any atom is 0.319 e. The van der Waals surface area contributed by atoms with Gasteiger partial charge in [0, 0.05) is 0 Å². The summed E-state index contributed by atoms with van der Waals surface area (Å²) in [6.45, 7) is 8.44. The zero-order valence-electron chi connectivity index (χ0n) is 8.51. The molecule has 1 unspecified atom stereocenters. The van der Waals surface area contributed by atoms with Crippen LogP contribution in [0, 0.1) is 5.41 Å². The van der Waals surface area contributed by atoms with Crippen LogP contribution in [0.4, 0.5) is 0 Å². The summed E-state index contributed by atoms with van der Waals surface area (Å²) in [5, 5.41) is -0.0579. The topological polar surface area (TPSA) is 26.3 Å². The van der Waals surface area contributed by atoms with E-state index in [2.05, 4.69) is 0 Å². The third-order valence-electron chi connectivity index (χ3n) is 1.52. The van der Waals surface area contributed by atoms with Crippen LogP contribution in [0.15, 0.2) is 0 Å². The van der Waals surface area contributed by atoms with E-state index in [9.17, 15) is 4.79 Å². The number of carbonyl (C=O) groups excluding carboxylic acids is 1. The van der Waals surface area contributed by atoms with Crippen molar-refractivity contribution in [2.75, 3.05) is 12.9 Å². The van der Waals surface area contributed by atoms with Crippen LogP contribution in [-0.2, 0) is 9.53 Å². The van der Waals surface area contributed by atoms with Crippen molar-refractivity contribution in [3.63, 3.8) is 0 Å². The molecular weight excluding hydrogens is 172 g/mol. The van der Waals surface area contributed by atoms with Gasteiger partial charge < -0.3 is 4.74 Å². The van der Waals surface area contributed by atoms with Gasteiger partial charge >= 0.3 is 5.97 Å². The second-order valence-electron chi connectivity index (χ2n) is 3.73. The molecule has 0 heterocycles. The van der Waals surface area contributed by atoms with Crippen molar-refractivity contribution in [3.8, 4) is 0 Å². The lowest BCUT2D eigenvalue weighted by atomic mass is 9.92. The Balaban J connectivity index is 4.25. The Bertz CT molecular complexity index is 149. The average molecular weight is 190 g/mol. The van der Waals surface area contributed by atoms with Gasteiger partial charge in [-0.1, -0.05) is 20.8 Å². The Kier molecular flexibility index (Phi) is 4.68. The number of carbonyl (C=O) groups is 1. The van der Waals surface area contributed by atoms with E-state index in [0.29, 0.717) is 6.61 Å². The van der Waals surface area contributed by atoms with E-state index in [1.807, 2.05) is 34.0 Å². The minimum Gasteiger partial charge on any atom is -0.465 e. The number of ether oxygens (including phenoxy) is 1. The zero-order chi connectivity index (χ0) is 9.78. The van der Waals surface area contributed by atoms with Gasteiger partial charge in [0.05, 0.1) is 6.61 Å². The molecule has 0 radical (unpaired) electrons. The highest BCUT2D eigenvalue weighted by molar-refractivity contribution is 7.99. The minimum atomic E-state index is -0.0995. The lowest BCUT2D eigenvalue weighted by molar-refractivity contribution is -0.144. The summed E-state index contributed by atoms with van der Waals surface area (Å²) in [7, 11) is 0. The average Bonchev–Trinajstić information content (AvgIpc) is 1.85. The molecule has 72 valence electrons. The van der Waals surface area contributed by atoms with Crippen LogP contribution in [0.25, 0.3) is 0 Å². The monoisotopic (exact) mass is 190 g/mol. The minimum absolute atomic E-state index is 0.0222. The van der Waals surface area contributed by atoms with E-state index in [-0.39, 0.29) is 16.6 Å².